The van der Waals surface area contributed by atoms with Crippen molar-refractivity contribution < 1.29 is 9.50 Å². The molecule has 0 bridgehead atoms. The number of aliphatic hydroxyl groups excluding tert-OH is 1. The van der Waals surface area contributed by atoms with E-state index in [1.54, 1.807) is 13.0 Å². The fraction of sp³-hybridized carbons (Fsp3) is 0.222. The Hall–Kier alpha value is -1.20. The number of hydrogen-bond donors (Lipinski definition) is 2. The van der Waals surface area contributed by atoms with E-state index < -0.39 is 5.82 Å². The highest BCUT2D eigenvalue weighted by Gasteiger charge is 2.12. The largest absolute Gasteiger partial charge is 0.392 e. The number of nitrogen functional groups attached to an aromatic ring is 1. The van der Waals surface area contributed by atoms with Crippen LogP contribution in [0.4, 0.5) is 9.52 Å². The van der Waals surface area contributed by atoms with Crippen LogP contribution in [0.25, 0.3) is 10.2 Å². The molecule has 0 aliphatic rings. The quantitative estimate of drug-likeness (QED) is 0.758. The second kappa shape index (κ2) is 3.18. The van der Waals surface area contributed by atoms with Gasteiger partial charge in [0.25, 0.3) is 0 Å². The van der Waals surface area contributed by atoms with E-state index in [4.69, 9.17) is 10.8 Å². The number of nitrogens with two attached hydrogens (primary N) is 1. The van der Waals surface area contributed by atoms with Crippen LogP contribution in [0, 0.1) is 12.7 Å². The van der Waals surface area contributed by atoms with Gasteiger partial charge in [0, 0.05) is 11.1 Å². The molecule has 0 spiro atoms. The summed E-state index contributed by atoms with van der Waals surface area (Å²) in [6, 6.07) is 1.59. The molecule has 0 radical (unpaired) electrons. The van der Waals surface area contributed by atoms with Gasteiger partial charge in [-0.05, 0) is 13.0 Å². The number of aromatic nitrogens is 1. The molecule has 2 rings (SSSR count). The maximum absolute atomic E-state index is 13.5. The molecular weight excluding hydrogens is 203 g/mol. The Kier molecular flexibility index (Phi) is 2.13. The summed E-state index contributed by atoms with van der Waals surface area (Å²) in [5.41, 5.74) is 6.84. The van der Waals surface area contributed by atoms with Crippen molar-refractivity contribution in [2.75, 3.05) is 5.73 Å². The average Bonchev–Trinajstić information content (AvgIpc) is 2.52. The fourth-order valence-electron chi connectivity index (χ4n) is 1.40. The molecule has 3 nitrogen and oxygen atoms in total. The van der Waals surface area contributed by atoms with Gasteiger partial charge in [-0.15, -0.1) is 0 Å². The lowest BCUT2D eigenvalue weighted by atomic mass is 10.1. The summed E-state index contributed by atoms with van der Waals surface area (Å²) in [7, 11) is 0. The molecule has 5 heteroatoms. The minimum atomic E-state index is -0.398. The van der Waals surface area contributed by atoms with Gasteiger partial charge in [0.15, 0.2) is 5.13 Å². The smallest absolute Gasteiger partial charge is 0.181 e. The highest BCUT2D eigenvalue weighted by Crippen LogP contribution is 2.29. The normalized spacial score (nSPS) is 11.1. The van der Waals surface area contributed by atoms with Crippen molar-refractivity contribution in [2.24, 2.45) is 0 Å². The minimum Gasteiger partial charge on any atom is -0.392 e. The molecule has 0 unspecified atom stereocenters. The van der Waals surface area contributed by atoms with E-state index in [-0.39, 0.29) is 6.61 Å². The highest BCUT2D eigenvalue weighted by molar-refractivity contribution is 7.22. The van der Waals surface area contributed by atoms with E-state index in [9.17, 15) is 4.39 Å². The molecule has 0 atom stereocenters. The molecule has 1 aromatic heterocycles. The molecule has 0 fully saturated rings. The van der Waals surface area contributed by atoms with Gasteiger partial charge in [-0.1, -0.05) is 11.3 Å². The van der Waals surface area contributed by atoms with Crippen LogP contribution in [0.15, 0.2) is 6.07 Å². The van der Waals surface area contributed by atoms with E-state index >= 15 is 0 Å². The van der Waals surface area contributed by atoms with Crippen LogP contribution in [-0.4, -0.2) is 10.1 Å². The average molecular weight is 212 g/mol. The lowest BCUT2D eigenvalue weighted by Crippen LogP contribution is -1.93. The van der Waals surface area contributed by atoms with Gasteiger partial charge in [-0.2, -0.15) is 0 Å². The van der Waals surface area contributed by atoms with Gasteiger partial charge in [-0.3, -0.25) is 0 Å². The van der Waals surface area contributed by atoms with Gasteiger partial charge < -0.3 is 10.8 Å². The molecule has 3 N–H and O–H groups in total. The molecule has 1 heterocycles. The number of aliphatic hydroxyl groups is 1. The third-order valence-corrected chi connectivity index (χ3v) is 2.94. The fourth-order valence-corrected chi connectivity index (χ4v) is 2.26. The number of aryl methyl sites for hydroxylation is 1. The van der Waals surface area contributed by atoms with Crippen molar-refractivity contribution in [3.63, 3.8) is 0 Å². The molecule has 0 saturated heterocycles. The predicted molar refractivity (Wildman–Crippen MR) is 54.7 cm³/mol. The molecule has 2 aromatic rings. The lowest BCUT2D eigenvalue weighted by Gasteiger charge is -2.02. The number of thiazole rings is 1. The Labute approximate surface area is 84.0 Å². The van der Waals surface area contributed by atoms with E-state index in [0.717, 1.165) is 4.70 Å². The first-order chi connectivity index (χ1) is 6.63. The zero-order valence-corrected chi connectivity index (χ0v) is 8.36. The molecule has 14 heavy (non-hydrogen) atoms. The zero-order chi connectivity index (χ0) is 10.3. The minimum absolute atomic E-state index is 0.290. The van der Waals surface area contributed by atoms with Crippen LogP contribution in [0.1, 0.15) is 11.1 Å². The number of anilines is 1. The Balaban J connectivity index is 2.84. The van der Waals surface area contributed by atoms with E-state index in [1.165, 1.54) is 11.3 Å². The summed E-state index contributed by atoms with van der Waals surface area (Å²) in [6.07, 6.45) is 0. The van der Waals surface area contributed by atoms with Crippen molar-refractivity contribution >= 4 is 26.7 Å². The molecule has 0 saturated carbocycles. The first kappa shape index (κ1) is 9.36. The van der Waals surface area contributed by atoms with E-state index in [1.807, 2.05) is 0 Å². The lowest BCUT2D eigenvalue weighted by molar-refractivity contribution is 0.275. The van der Waals surface area contributed by atoms with Gasteiger partial charge in [-0.25, -0.2) is 9.37 Å². The molecule has 74 valence electrons. The first-order valence-corrected chi connectivity index (χ1v) is 4.90. The summed E-state index contributed by atoms with van der Waals surface area (Å²) >= 11 is 1.29. The summed E-state index contributed by atoms with van der Waals surface area (Å²) in [5.74, 6) is -0.398. The van der Waals surface area contributed by atoms with Crippen molar-refractivity contribution in [3.05, 3.63) is 23.0 Å². The maximum Gasteiger partial charge on any atom is 0.181 e. The van der Waals surface area contributed by atoms with E-state index in [0.29, 0.717) is 21.8 Å². The van der Waals surface area contributed by atoms with Crippen LogP contribution < -0.4 is 5.73 Å². The second-order valence-electron chi connectivity index (χ2n) is 3.03. The van der Waals surface area contributed by atoms with Gasteiger partial charge in [0.1, 0.15) is 5.82 Å². The number of hydrogen-bond acceptors (Lipinski definition) is 4. The van der Waals surface area contributed by atoms with Crippen LogP contribution in [0.2, 0.25) is 0 Å². The Morgan fingerprint density at radius 3 is 3.00 bits per heavy atom. The number of halogens is 1. The summed E-state index contributed by atoms with van der Waals surface area (Å²) in [4.78, 5) is 4.02. The number of nitrogens with zero attached hydrogens (tertiary/aromatic N) is 1. The standard InChI is InChI=1S/C9H9FN2OS/c1-4-7(10)5(3-13)2-6-8(4)12-9(11)14-6/h2,13H,3H2,1H3,(H2,11,12). The molecule has 0 amide bonds. The van der Waals surface area contributed by atoms with Crippen molar-refractivity contribution in [1.82, 2.24) is 4.98 Å². The Morgan fingerprint density at radius 1 is 1.64 bits per heavy atom. The summed E-state index contributed by atoms with van der Waals surface area (Å²) < 4.78 is 14.3. The molecule has 1 aromatic carbocycles. The summed E-state index contributed by atoms with van der Waals surface area (Å²) in [6.45, 7) is 1.33. The van der Waals surface area contributed by atoms with Crippen molar-refractivity contribution in [1.29, 1.82) is 0 Å². The topological polar surface area (TPSA) is 59.1 Å². The third kappa shape index (κ3) is 1.25. The van der Waals surface area contributed by atoms with Crippen molar-refractivity contribution in [2.45, 2.75) is 13.5 Å². The molecular formula is C9H9FN2OS. The number of rotatable bonds is 1. The second-order valence-corrected chi connectivity index (χ2v) is 4.09. The summed E-state index contributed by atoms with van der Waals surface area (Å²) in [5, 5.41) is 9.34. The third-order valence-electron chi connectivity index (χ3n) is 2.11. The van der Waals surface area contributed by atoms with Crippen molar-refractivity contribution in [3.8, 4) is 0 Å². The van der Waals surface area contributed by atoms with Gasteiger partial charge in [0.05, 0.1) is 16.8 Å². The molecule has 0 aliphatic heterocycles. The van der Waals surface area contributed by atoms with Gasteiger partial charge in [0.2, 0.25) is 0 Å². The maximum atomic E-state index is 13.5. The Morgan fingerprint density at radius 2 is 2.36 bits per heavy atom. The van der Waals surface area contributed by atoms with Crippen LogP contribution in [-0.2, 0) is 6.61 Å². The highest BCUT2D eigenvalue weighted by atomic mass is 32.1. The zero-order valence-electron chi connectivity index (χ0n) is 7.54. The van der Waals surface area contributed by atoms with Crippen LogP contribution in [0.3, 0.4) is 0 Å². The predicted octanol–water partition coefficient (Wildman–Crippen LogP) is 1.82. The SMILES string of the molecule is Cc1c(F)c(CO)cc2sc(N)nc12. The monoisotopic (exact) mass is 212 g/mol. The first-order valence-electron chi connectivity index (χ1n) is 4.08. The number of fused-ring (bicyclic) bond motifs is 1. The Bertz CT molecular complexity index is 495. The van der Waals surface area contributed by atoms with E-state index in [2.05, 4.69) is 4.98 Å². The number of benzene rings is 1. The van der Waals surface area contributed by atoms with Crippen LogP contribution in [0.5, 0.6) is 0 Å². The van der Waals surface area contributed by atoms with Crippen LogP contribution >= 0.6 is 11.3 Å². The van der Waals surface area contributed by atoms with Gasteiger partial charge >= 0.3 is 0 Å². The molecule has 0 aliphatic carbocycles.